The highest BCUT2D eigenvalue weighted by Gasteiger charge is 2.11. The van der Waals surface area contributed by atoms with E-state index in [2.05, 4.69) is 23.0 Å². The fourth-order valence-corrected chi connectivity index (χ4v) is 2.31. The van der Waals surface area contributed by atoms with Crippen molar-refractivity contribution in [1.29, 1.82) is 0 Å². The number of H-pyrrole nitrogens is 1. The van der Waals surface area contributed by atoms with Gasteiger partial charge in [0.15, 0.2) is 0 Å². The van der Waals surface area contributed by atoms with Crippen LogP contribution in [0.15, 0.2) is 36.4 Å². The highest BCUT2D eigenvalue weighted by atomic mass is 14.9. The summed E-state index contributed by atoms with van der Waals surface area (Å²) in [5.41, 5.74) is 12.2. The molecule has 3 N–H and O–H groups in total. The van der Waals surface area contributed by atoms with Crippen LogP contribution in [0.3, 0.4) is 0 Å². The summed E-state index contributed by atoms with van der Waals surface area (Å²) in [7, 11) is 0. The smallest absolute Gasteiger partial charge is 0.140 e. The average Bonchev–Trinajstić information content (AvgIpc) is 2.74. The second-order valence-electron chi connectivity index (χ2n) is 4.60. The molecule has 1 heterocycles. The molecule has 90 valence electrons. The maximum absolute atomic E-state index is 6.05. The number of aryl methyl sites for hydroxylation is 2. The van der Waals surface area contributed by atoms with E-state index in [9.17, 15) is 0 Å². The Labute approximate surface area is 106 Å². The van der Waals surface area contributed by atoms with Crippen molar-refractivity contribution in [2.45, 2.75) is 13.8 Å². The van der Waals surface area contributed by atoms with Gasteiger partial charge in [0.2, 0.25) is 0 Å². The number of nitrogens with zero attached hydrogens (tertiary/aromatic N) is 1. The molecule has 0 amide bonds. The van der Waals surface area contributed by atoms with Gasteiger partial charge in [0.25, 0.3) is 0 Å². The first-order valence-electron chi connectivity index (χ1n) is 5.97. The molecule has 0 aliphatic carbocycles. The van der Waals surface area contributed by atoms with Crippen molar-refractivity contribution in [2.75, 3.05) is 5.73 Å². The fraction of sp³-hybridized carbons (Fsp3) is 0.133. The SMILES string of the molecule is Cc1cccc(N)c1-c1nc2c(C)cccc2[nH]1. The van der Waals surface area contributed by atoms with Gasteiger partial charge in [0.1, 0.15) is 5.82 Å². The van der Waals surface area contributed by atoms with Crippen LogP contribution < -0.4 is 5.73 Å². The maximum atomic E-state index is 6.05. The van der Waals surface area contributed by atoms with Gasteiger partial charge in [0, 0.05) is 11.3 Å². The molecule has 2 aromatic carbocycles. The van der Waals surface area contributed by atoms with E-state index in [0.29, 0.717) is 0 Å². The summed E-state index contributed by atoms with van der Waals surface area (Å²) in [6, 6.07) is 12.0. The first-order valence-corrected chi connectivity index (χ1v) is 5.97. The van der Waals surface area contributed by atoms with Gasteiger partial charge in [-0.05, 0) is 37.1 Å². The second kappa shape index (κ2) is 3.88. The molecule has 0 atom stereocenters. The molecule has 1 aromatic heterocycles. The highest BCUT2D eigenvalue weighted by molar-refractivity contribution is 5.85. The van der Waals surface area contributed by atoms with E-state index in [4.69, 9.17) is 5.73 Å². The molecule has 3 rings (SSSR count). The number of benzene rings is 2. The maximum Gasteiger partial charge on any atom is 0.140 e. The number of aromatic amines is 1. The Morgan fingerprint density at radius 2 is 1.72 bits per heavy atom. The van der Waals surface area contributed by atoms with Gasteiger partial charge < -0.3 is 10.7 Å². The Hall–Kier alpha value is -2.29. The first kappa shape index (κ1) is 10.8. The Balaban J connectivity index is 2.30. The van der Waals surface area contributed by atoms with Crippen LogP contribution in [0.5, 0.6) is 0 Å². The number of nitrogen functional groups attached to an aromatic ring is 1. The van der Waals surface area contributed by atoms with Crippen molar-refractivity contribution < 1.29 is 0 Å². The molecule has 0 aliphatic heterocycles. The number of rotatable bonds is 1. The number of fused-ring (bicyclic) bond motifs is 1. The predicted molar refractivity (Wildman–Crippen MR) is 75.4 cm³/mol. The number of hydrogen-bond donors (Lipinski definition) is 2. The van der Waals surface area contributed by atoms with Crippen LogP contribution in [-0.2, 0) is 0 Å². The van der Waals surface area contributed by atoms with E-state index >= 15 is 0 Å². The molecule has 3 nitrogen and oxygen atoms in total. The van der Waals surface area contributed by atoms with E-state index in [1.54, 1.807) is 0 Å². The monoisotopic (exact) mass is 237 g/mol. The molecule has 3 heteroatoms. The summed E-state index contributed by atoms with van der Waals surface area (Å²) < 4.78 is 0. The van der Waals surface area contributed by atoms with Crippen LogP contribution in [0.1, 0.15) is 11.1 Å². The van der Waals surface area contributed by atoms with Crippen molar-refractivity contribution in [3.8, 4) is 11.4 Å². The Kier molecular flexibility index (Phi) is 2.33. The standard InChI is InChI=1S/C15H15N3/c1-9-5-3-7-11(16)13(9)15-17-12-8-4-6-10(2)14(12)18-15/h3-8H,16H2,1-2H3,(H,17,18). The largest absolute Gasteiger partial charge is 0.398 e. The highest BCUT2D eigenvalue weighted by Crippen LogP contribution is 2.29. The van der Waals surface area contributed by atoms with E-state index in [0.717, 1.165) is 33.7 Å². The van der Waals surface area contributed by atoms with E-state index in [1.807, 2.05) is 37.3 Å². The lowest BCUT2D eigenvalue weighted by Gasteiger charge is -2.05. The minimum absolute atomic E-state index is 0.756. The lowest BCUT2D eigenvalue weighted by Crippen LogP contribution is -1.93. The number of para-hydroxylation sites is 1. The van der Waals surface area contributed by atoms with Crippen molar-refractivity contribution in [3.05, 3.63) is 47.5 Å². The third kappa shape index (κ3) is 1.56. The molecule has 0 fully saturated rings. The number of hydrogen-bond acceptors (Lipinski definition) is 2. The van der Waals surface area contributed by atoms with Gasteiger partial charge in [-0.3, -0.25) is 0 Å². The first-order chi connectivity index (χ1) is 8.66. The summed E-state index contributed by atoms with van der Waals surface area (Å²) in [4.78, 5) is 8.01. The molecule has 0 saturated heterocycles. The zero-order valence-electron chi connectivity index (χ0n) is 10.5. The van der Waals surface area contributed by atoms with Gasteiger partial charge in [-0.2, -0.15) is 0 Å². The molecular weight excluding hydrogens is 222 g/mol. The van der Waals surface area contributed by atoms with Gasteiger partial charge >= 0.3 is 0 Å². The van der Waals surface area contributed by atoms with Crippen molar-refractivity contribution in [3.63, 3.8) is 0 Å². The second-order valence-corrected chi connectivity index (χ2v) is 4.60. The topological polar surface area (TPSA) is 54.7 Å². The van der Waals surface area contributed by atoms with Crippen LogP contribution >= 0.6 is 0 Å². The van der Waals surface area contributed by atoms with E-state index in [1.165, 1.54) is 5.56 Å². The van der Waals surface area contributed by atoms with Crippen LogP contribution in [0, 0.1) is 13.8 Å². The van der Waals surface area contributed by atoms with Crippen molar-refractivity contribution in [1.82, 2.24) is 9.97 Å². The lowest BCUT2D eigenvalue weighted by atomic mass is 10.1. The summed E-state index contributed by atoms with van der Waals surface area (Å²) in [6.45, 7) is 4.11. The van der Waals surface area contributed by atoms with E-state index in [-0.39, 0.29) is 0 Å². The fourth-order valence-electron chi connectivity index (χ4n) is 2.31. The Morgan fingerprint density at radius 1 is 1.00 bits per heavy atom. The summed E-state index contributed by atoms with van der Waals surface area (Å²) in [5, 5.41) is 0. The van der Waals surface area contributed by atoms with Gasteiger partial charge in [-0.15, -0.1) is 0 Å². The third-order valence-electron chi connectivity index (χ3n) is 3.26. The number of nitrogens with one attached hydrogen (secondary N) is 1. The minimum atomic E-state index is 0.756. The molecule has 0 radical (unpaired) electrons. The third-order valence-corrected chi connectivity index (χ3v) is 3.26. The molecule has 0 saturated carbocycles. The quantitative estimate of drug-likeness (QED) is 0.637. The predicted octanol–water partition coefficient (Wildman–Crippen LogP) is 3.43. The molecule has 0 unspecified atom stereocenters. The van der Waals surface area contributed by atoms with E-state index < -0.39 is 0 Å². The zero-order chi connectivity index (χ0) is 12.7. The normalized spacial score (nSPS) is 11.0. The molecule has 0 bridgehead atoms. The zero-order valence-corrected chi connectivity index (χ0v) is 10.5. The number of anilines is 1. The molecular formula is C15H15N3. The number of nitrogens with two attached hydrogens (primary N) is 1. The van der Waals surface area contributed by atoms with Gasteiger partial charge in [-0.1, -0.05) is 24.3 Å². The Bertz CT molecular complexity index is 705. The lowest BCUT2D eigenvalue weighted by molar-refractivity contribution is 1.30. The molecule has 0 aliphatic rings. The minimum Gasteiger partial charge on any atom is -0.398 e. The summed E-state index contributed by atoms with van der Waals surface area (Å²) in [6.07, 6.45) is 0. The van der Waals surface area contributed by atoms with Crippen LogP contribution in [0.4, 0.5) is 5.69 Å². The van der Waals surface area contributed by atoms with Gasteiger partial charge in [-0.25, -0.2) is 4.98 Å². The molecule has 0 spiro atoms. The summed E-state index contributed by atoms with van der Waals surface area (Å²) >= 11 is 0. The molecule has 3 aromatic rings. The number of imidazole rings is 1. The van der Waals surface area contributed by atoms with Crippen molar-refractivity contribution in [2.24, 2.45) is 0 Å². The van der Waals surface area contributed by atoms with Crippen LogP contribution in [0.2, 0.25) is 0 Å². The Morgan fingerprint density at radius 3 is 2.44 bits per heavy atom. The van der Waals surface area contributed by atoms with Crippen molar-refractivity contribution >= 4 is 16.7 Å². The van der Waals surface area contributed by atoms with Crippen LogP contribution in [-0.4, -0.2) is 9.97 Å². The molecule has 18 heavy (non-hydrogen) atoms. The average molecular weight is 237 g/mol. The van der Waals surface area contributed by atoms with Crippen LogP contribution in [0.25, 0.3) is 22.4 Å². The number of aromatic nitrogens is 2. The van der Waals surface area contributed by atoms with Gasteiger partial charge in [0.05, 0.1) is 11.0 Å². The summed E-state index contributed by atoms with van der Waals surface area (Å²) in [5.74, 6) is 0.843.